The van der Waals surface area contributed by atoms with Gasteiger partial charge in [-0.15, -0.1) is 0 Å². The lowest BCUT2D eigenvalue weighted by Gasteiger charge is -2.20. The number of amides is 1. The Kier molecular flexibility index (Phi) is 7.90. The standard InChI is InChI=1S/C25H25F3N2O6S/c1-16(31)30-12-11-18-15-20(8-10-22(18)30)37(33,34)29-21-9-7-19(25(26,27)28)14-17(21)6-5-13-36-24(2,3)23(32)35-4/h7-10,14-15,29H,11-13H2,1-4H3. The molecule has 0 aliphatic carbocycles. The third kappa shape index (κ3) is 6.42. The Labute approximate surface area is 212 Å². The molecule has 1 aliphatic heterocycles. The smallest absolute Gasteiger partial charge is 0.416 e. The molecule has 2 aromatic carbocycles. The van der Waals surface area contributed by atoms with Gasteiger partial charge >= 0.3 is 12.1 Å². The van der Waals surface area contributed by atoms with Gasteiger partial charge in [-0.05, 0) is 62.2 Å². The number of anilines is 2. The maximum absolute atomic E-state index is 13.3. The number of alkyl halides is 3. The predicted molar refractivity (Wildman–Crippen MR) is 129 cm³/mol. The Hall–Kier alpha value is -3.56. The quantitative estimate of drug-likeness (QED) is 0.444. The lowest BCUT2D eigenvalue weighted by molar-refractivity contribution is -0.163. The van der Waals surface area contributed by atoms with E-state index >= 15 is 0 Å². The molecule has 0 saturated heterocycles. The summed E-state index contributed by atoms with van der Waals surface area (Å²) in [5.74, 6) is 4.17. The molecule has 12 heteroatoms. The third-order valence-electron chi connectivity index (χ3n) is 5.63. The number of hydrogen-bond donors (Lipinski definition) is 1. The first-order valence-corrected chi connectivity index (χ1v) is 12.5. The van der Waals surface area contributed by atoms with Crippen molar-refractivity contribution < 1.29 is 40.7 Å². The Morgan fingerprint density at radius 2 is 1.84 bits per heavy atom. The number of halogens is 3. The summed E-state index contributed by atoms with van der Waals surface area (Å²) in [4.78, 5) is 24.9. The Morgan fingerprint density at radius 3 is 2.46 bits per heavy atom. The molecule has 2 aromatic rings. The Balaban J connectivity index is 1.91. The zero-order valence-corrected chi connectivity index (χ0v) is 21.3. The lowest BCUT2D eigenvalue weighted by atomic mass is 10.1. The van der Waals surface area contributed by atoms with Crippen molar-refractivity contribution in [2.24, 2.45) is 0 Å². The minimum atomic E-state index is -4.68. The molecule has 37 heavy (non-hydrogen) atoms. The number of fused-ring (bicyclic) bond motifs is 1. The van der Waals surface area contributed by atoms with Crippen LogP contribution in [-0.2, 0) is 41.7 Å². The van der Waals surface area contributed by atoms with Gasteiger partial charge in [0.1, 0.15) is 6.61 Å². The second kappa shape index (κ2) is 10.4. The van der Waals surface area contributed by atoms with Crippen molar-refractivity contribution in [3.8, 4) is 11.8 Å². The monoisotopic (exact) mass is 538 g/mol. The number of hydrogen-bond acceptors (Lipinski definition) is 6. The third-order valence-corrected chi connectivity index (χ3v) is 7.00. The minimum Gasteiger partial charge on any atom is -0.467 e. The van der Waals surface area contributed by atoms with Crippen molar-refractivity contribution in [2.45, 2.75) is 43.9 Å². The van der Waals surface area contributed by atoms with Crippen LogP contribution in [0.15, 0.2) is 41.3 Å². The van der Waals surface area contributed by atoms with E-state index in [4.69, 9.17) is 4.74 Å². The molecule has 1 N–H and O–H groups in total. The zero-order chi connectivity index (χ0) is 27.6. The Bertz CT molecular complexity index is 1390. The molecule has 0 saturated carbocycles. The Morgan fingerprint density at radius 1 is 1.14 bits per heavy atom. The van der Waals surface area contributed by atoms with Gasteiger partial charge in [-0.3, -0.25) is 9.52 Å². The molecule has 0 atom stereocenters. The number of methoxy groups -OCH3 is 1. The summed E-state index contributed by atoms with van der Waals surface area (Å²) in [5, 5.41) is 0. The minimum absolute atomic E-state index is 0.112. The van der Waals surface area contributed by atoms with Crippen molar-refractivity contribution >= 4 is 33.3 Å². The van der Waals surface area contributed by atoms with Crippen LogP contribution in [-0.4, -0.2) is 46.2 Å². The number of nitrogens with one attached hydrogen (secondary N) is 1. The number of carbonyl (C=O) groups is 2. The van der Waals surface area contributed by atoms with Crippen molar-refractivity contribution in [3.05, 3.63) is 53.1 Å². The number of esters is 1. The van der Waals surface area contributed by atoms with Gasteiger partial charge < -0.3 is 14.4 Å². The average Bonchev–Trinajstić information content (AvgIpc) is 3.25. The fourth-order valence-corrected chi connectivity index (χ4v) is 4.77. The number of sulfonamides is 1. The number of carbonyl (C=O) groups excluding carboxylic acids is 2. The van der Waals surface area contributed by atoms with Gasteiger partial charge in [-0.25, -0.2) is 13.2 Å². The first-order chi connectivity index (χ1) is 17.2. The summed E-state index contributed by atoms with van der Waals surface area (Å²) in [7, 11) is -3.03. The van der Waals surface area contributed by atoms with Crippen LogP contribution < -0.4 is 9.62 Å². The van der Waals surface area contributed by atoms with E-state index in [0.29, 0.717) is 24.2 Å². The van der Waals surface area contributed by atoms with Crippen LogP contribution in [0.3, 0.4) is 0 Å². The fraction of sp³-hybridized carbons (Fsp3) is 0.360. The summed E-state index contributed by atoms with van der Waals surface area (Å²) in [6.45, 7) is 4.39. The summed E-state index contributed by atoms with van der Waals surface area (Å²) >= 11 is 0. The normalized spacial score (nSPS) is 13.4. The van der Waals surface area contributed by atoms with Crippen molar-refractivity contribution in [3.63, 3.8) is 0 Å². The van der Waals surface area contributed by atoms with Crippen molar-refractivity contribution in [1.82, 2.24) is 0 Å². The van der Waals surface area contributed by atoms with Crippen LogP contribution in [0.1, 0.15) is 37.5 Å². The molecule has 1 amide bonds. The van der Waals surface area contributed by atoms with Gasteiger partial charge in [0.15, 0.2) is 5.60 Å². The van der Waals surface area contributed by atoms with Crippen LogP contribution in [0.4, 0.5) is 24.5 Å². The highest BCUT2D eigenvalue weighted by molar-refractivity contribution is 7.92. The van der Waals surface area contributed by atoms with Gasteiger partial charge in [0, 0.05) is 24.7 Å². The fourth-order valence-electron chi connectivity index (χ4n) is 3.64. The number of rotatable bonds is 6. The first-order valence-electron chi connectivity index (χ1n) is 11.0. The summed E-state index contributed by atoms with van der Waals surface area (Å²) in [6, 6.07) is 6.72. The van der Waals surface area contributed by atoms with Crippen molar-refractivity contribution in [1.29, 1.82) is 0 Å². The van der Waals surface area contributed by atoms with E-state index in [1.165, 1.54) is 51.0 Å². The number of nitrogens with zero attached hydrogens (tertiary/aromatic N) is 1. The van der Waals surface area contributed by atoms with Gasteiger partial charge in [-0.2, -0.15) is 13.2 Å². The summed E-state index contributed by atoms with van der Waals surface area (Å²) < 4.78 is 78.3. The van der Waals surface area contributed by atoms with E-state index in [0.717, 1.165) is 18.2 Å². The van der Waals surface area contributed by atoms with Gasteiger partial charge in [-0.1, -0.05) is 11.8 Å². The molecule has 0 radical (unpaired) electrons. The molecular formula is C25H25F3N2O6S. The van der Waals surface area contributed by atoms with Crippen LogP contribution in [0.25, 0.3) is 0 Å². The molecule has 1 aliphatic rings. The average molecular weight is 539 g/mol. The molecule has 1 heterocycles. The van der Waals surface area contributed by atoms with E-state index in [-0.39, 0.29) is 28.7 Å². The zero-order valence-electron chi connectivity index (χ0n) is 20.5. The van der Waals surface area contributed by atoms with Gasteiger partial charge in [0.05, 0.1) is 23.3 Å². The largest absolute Gasteiger partial charge is 0.467 e. The molecule has 8 nitrogen and oxygen atoms in total. The number of benzene rings is 2. The summed E-state index contributed by atoms with van der Waals surface area (Å²) in [5.41, 5.74) is -1.48. The van der Waals surface area contributed by atoms with Crippen LogP contribution in [0, 0.1) is 11.8 Å². The lowest BCUT2D eigenvalue weighted by Crippen LogP contribution is -2.36. The highest BCUT2D eigenvalue weighted by Gasteiger charge is 2.32. The van der Waals surface area contributed by atoms with Crippen molar-refractivity contribution in [2.75, 3.05) is 29.9 Å². The highest BCUT2D eigenvalue weighted by Crippen LogP contribution is 2.34. The molecule has 0 fully saturated rings. The second-order valence-electron chi connectivity index (χ2n) is 8.67. The van der Waals surface area contributed by atoms with E-state index in [1.807, 2.05) is 0 Å². The SMILES string of the molecule is COC(=O)C(C)(C)OCC#Cc1cc(C(F)(F)F)ccc1NS(=O)(=O)c1ccc2c(c1)CCN2C(C)=O. The van der Waals surface area contributed by atoms with Crippen LogP contribution in [0.5, 0.6) is 0 Å². The maximum Gasteiger partial charge on any atom is 0.416 e. The van der Waals surface area contributed by atoms with E-state index in [2.05, 4.69) is 21.3 Å². The van der Waals surface area contributed by atoms with Crippen LogP contribution in [0.2, 0.25) is 0 Å². The van der Waals surface area contributed by atoms with Crippen LogP contribution >= 0.6 is 0 Å². The molecule has 0 spiro atoms. The molecule has 198 valence electrons. The molecular weight excluding hydrogens is 513 g/mol. The van der Waals surface area contributed by atoms with E-state index < -0.39 is 33.3 Å². The molecule has 3 rings (SSSR count). The summed E-state index contributed by atoms with van der Waals surface area (Å²) in [6.07, 6.45) is -4.21. The maximum atomic E-state index is 13.3. The van der Waals surface area contributed by atoms with E-state index in [9.17, 15) is 31.2 Å². The topological polar surface area (TPSA) is 102 Å². The predicted octanol–water partition coefficient (Wildman–Crippen LogP) is 3.73. The molecule has 0 unspecified atom stereocenters. The molecule has 0 bridgehead atoms. The van der Waals surface area contributed by atoms with E-state index in [1.54, 1.807) is 0 Å². The van der Waals surface area contributed by atoms with Gasteiger partial charge in [0.25, 0.3) is 10.0 Å². The second-order valence-corrected chi connectivity index (χ2v) is 10.3. The van der Waals surface area contributed by atoms with Gasteiger partial charge in [0.2, 0.25) is 5.91 Å². The highest BCUT2D eigenvalue weighted by atomic mass is 32.2. The molecule has 0 aromatic heterocycles. The first kappa shape index (κ1) is 28.0. The number of ether oxygens (including phenoxy) is 2.